The Morgan fingerprint density at radius 3 is 2.75 bits per heavy atom. The summed E-state index contributed by atoms with van der Waals surface area (Å²) in [6.07, 6.45) is 5.61. The van der Waals surface area contributed by atoms with Crippen molar-refractivity contribution in [2.24, 2.45) is 0 Å². The van der Waals surface area contributed by atoms with Crippen LogP contribution in [-0.4, -0.2) is 37.0 Å². The van der Waals surface area contributed by atoms with E-state index in [2.05, 4.69) is 15.3 Å². The first-order valence-electron chi connectivity index (χ1n) is 9.35. The number of aryl methyl sites for hydroxylation is 1. The fourth-order valence-electron chi connectivity index (χ4n) is 3.87. The van der Waals surface area contributed by atoms with Gasteiger partial charge in [0.1, 0.15) is 17.0 Å². The van der Waals surface area contributed by atoms with Crippen molar-refractivity contribution in [1.29, 1.82) is 0 Å². The molecule has 140 valence electrons. The molecular weight excluding hydrogens is 354 g/mol. The van der Waals surface area contributed by atoms with Crippen molar-refractivity contribution < 1.29 is 9.42 Å². The number of rotatable bonds is 3. The number of benzene rings is 1. The number of imidazole rings is 1. The molecule has 0 radical (unpaired) electrons. The van der Waals surface area contributed by atoms with Gasteiger partial charge in [-0.2, -0.15) is 0 Å². The van der Waals surface area contributed by atoms with Gasteiger partial charge < -0.3 is 9.30 Å². The van der Waals surface area contributed by atoms with Crippen LogP contribution in [0.3, 0.4) is 0 Å². The maximum absolute atomic E-state index is 13.2. The molecule has 1 aliphatic heterocycles. The number of pyridine rings is 1. The first kappa shape index (κ1) is 16.7. The zero-order valence-corrected chi connectivity index (χ0v) is 15.4. The minimum absolute atomic E-state index is 0.0123. The zero-order chi connectivity index (χ0) is 19.1. The summed E-state index contributed by atoms with van der Waals surface area (Å²) in [4.78, 5) is 19.7. The van der Waals surface area contributed by atoms with Crippen LogP contribution in [0, 0.1) is 6.92 Å². The highest BCUT2D eigenvalue weighted by molar-refractivity contribution is 5.94. The van der Waals surface area contributed by atoms with Crippen LogP contribution in [0.4, 0.5) is 0 Å². The molecule has 0 unspecified atom stereocenters. The fourth-order valence-corrected chi connectivity index (χ4v) is 3.87. The highest BCUT2D eigenvalue weighted by atomic mass is 16.6. The second-order valence-corrected chi connectivity index (χ2v) is 7.07. The Balaban J connectivity index is 1.47. The van der Waals surface area contributed by atoms with Gasteiger partial charge in [-0.25, -0.2) is 9.61 Å². The van der Waals surface area contributed by atoms with Gasteiger partial charge in [-0.3, -0.25) is 4.79 Å². The average molecular weight is 373 g/mol. The SMILES string of the molecule is Cc1nonc1[C@@H]1CCCN1C(=O)c1ccc2nc(-c3ccccc3)cn2c1. The maximum atomic E-state index is 13.2. The lowest BCUT2D eigenvalue weighted by Crippen LogP contribution is -2.31. The lowest BCUT2D eigenvalue weighted by molar-refractivity contribution is 0.0729. The van der Waals surface area contributed by atoms with E-state index in [0.717, 1.165) is 41.1 Å². The van der Waals surface area contributed by atoms with E-state index >= 15 is 0 Å². The lowest BCUT2D eigenvalue weighted by atomic mass is 10.1. The molecule has 1 fully saturated rings. The Kier molecular flexibility index (Phi) is 3.93. The molecule has 1 aliphatic rings. The Bertz CT molecular complexity index is 1150. The first-order valence-corrected chi connectivity index (χ1v) is 9.35. The molecule has 0 aliphatic carbocycles. The number of carbonyl (C=O) groups is 1. The molecule has 0 spiro atoms. The Labute approximate surface area is 161 Å². The van der Waals surface area contributed by atoms with Gasteiger partial charge in [-0.05, 0) is 31.9 Å². The summed E-state index contributed by atoms with van der Waals surface area (Å²) in [6.45, 7) is 2.56. The molecule has 5 rings (SSSR count). The second kappa shape index (κ2) is 6.60. The van der Waals surface area contributed by atoms with Gasteiger partial charge in [0.2, 0.25) is 0 Å². The van der Waals surface area contributed by atoms with Crippen LogP contribution in [0.5, 0.6) is 0 Å². The smallest absolute Gasteiger partial charge is 0.255 e. The molecule has 7 nitrogen and oxygen atoms in total. The Morgan fingerprint density at radius 2 is 1.96 bits per heavy atom. The first-order chi connectivity index (χ1) is 13.7. The maximum Gasteiger partial charge on any atom is 0.255 e. The monoisotopic (exact) mass is 373 g/mol. The molecule has 0 bridgehead atoms. The van der Waals surface area contributed by atoms with E-state index < -0.39 is 0 Å². The normalized spacial score (nSPS) is 16.8. The summed E-state index contributed by atoms with van der Waals surface area (Å²) in [5, 5.41) is 7.88. The Hall–Kier alpha value is -3.48. The van der Waals surface area contributed by atoms with E-state index in [1.807, 2.05) is 71.1 Å². The molecule has 7 heteroatoms. The van der Waals surface area contributed by atoms with Gasteiger partial charge in [-0.15, -0.1) is 0 Å². The van der Waals surface area contributed by atoms with Crippen molar-refractivity contribution in [1.82, 2.24) is 24.6 Å². The minimum atomic E-state index is -0.0860. The molecule has 4 aromatic rings. The lowest BCUT2D eigenvalue weighted by Gasteiger charge is -2.23. The molecule has 0 N–H and O–H groups in total. The molecule has 0 saturated carbocycles. The van der Waals surface area contributed by atoms with Crippen molar-refractivity contribution >= 4 is 11.6 Å². The summed E-state index contributed by atoms with van der Waals surface area (Å²) >= 11 is 0. The predicted octanol–water partition coefficient (Wildman–Crippen LogP) is 3.67. The van der Waals surface area contributed by atoms with E-state index in [0.29, 0.717) is 12.1 Å². The topological polar surface area (TPSA) is 76.5 Å². The third-order valence-electron chi connectivity index (χ3n) is 5.28. The van der Waals surface area contributed by atoms with Crippen LogP contribution < -0.4 is 0 Å². The highest BCUT2D eigenvalue weighted by Gasteiger charge is 2.34. The molecule has 4 heterocycles. The van der Waals surface area contributed by atoms with Crippen LogP contribution in [0.15, 0.2) is 59.5 Å². The largest absolute Gasteiger partial charge is 0.330 e. The number of carbonyl (C=O) groups excluding carboxylic acids is 1. The van der Waals surface area contributed by atoms with Crippen molar-refractivity contribution in [3.63, 3.8) is 0 Å². The van der Waals surface area contributed by atoms with Crippen molar-refractivity contribution in [2.45, 2.75) is 25.8 Å². The molecule has 28 heavy (non-hydrogen) atoms. The van der Waals surface area contributed by atoms with Gasteiger partial charge in [0.05, 0.1) is 17.3 Å². The fraction of sp³-hybridized carbons (Fsp3) is 0.238. The van der Waals surface area contributed by atoms with E-state index in [-0.39, 0.29) is 11.9 Å². The van der Waals surface area contributed by atoms with E-state index in [1.165, 1.54) is 0 Å². The van der Waals surface area contributed by atoms with Crippen LogP contribution in [0.2, 0.25) is 0 Å². The van der Waals surface area contributed by atoms with E-state index in [4.69, 9.17) is 4.63 Å². The number of amides is 1. The van der Waals surface area contributed by atoms with Gasteiger partial charge in [0, 0.05) is 24.5 Å². The second-order valence-electron chi connectivity index (χ2n) is 7.07. The van der Waals surface area contributed by atoms with Crippen LogP contribution in [0.25, 0.3) is 16.9 Å². The molecule has 1 aromatic carbocycles. The summed E-state index contributed by atoms with van der Waals surface area (Å²) < 4.78 is 6.75. The zero-order valence-electron chi connectivity index (χ0n) is 15.4. The molecular formula is C21H19N5O2. The van der Waals surface area contributed by atoms with Crippen molar-refractivity contribution in [3.05, 3.63) is 71.8 Å². The third kappa shape index (κ3) is 2.76. The number of likely N-dealkylation sites (tertiary alicyclic amines) is 1. The van der Waals surface area contributed by atoms with Crippen molar-refractivity contribution in [2.75, 3.05) is 6.54 Å². The summed E-state index contributed by atoms with van der Waals surface area (Å²) in [7, 11) is 0. The molecule has 1 saturated heterocycles. The van der Waals surface area contributed by atoms with E-state index in [1.54, 1.807) is 0 Å². The molecule has 1 amide bonds. The third-order valence-corrected chi connectivity index (χ3v) is 5.28. The predicted molar refractivity (Wildman–Crippen MR) is 103 cm³/mol. The standard InChI is InChI=1S/C21H19N5O2/c1-14-20(24-28-23-14)18-8-5-11-26(18)21(27)16-9-10-19-22-17(13-25(19)12-16)15-6-3-2-4-7-15/h2-4,6-7,9-10,12-13,18H,5,8,11H2,1H3/t18-/m0/s1. The summed E-state index contributed by atoms with van der Waals surface area (Å²) in [6, 6.07) is 13.6. The average Bonchev–Trinajstić information content (AvgIpc) is 3.46. The van der Waals surface area contributed by atoms with Gasteiger partial charge in [-0.1, -0.05) is 40.6 Å². The van der Waals surface area contributed by atoms with Gasteiger partial charge >= 0.3 is 0 Å². The van der Waals surface area contributed by atoms with Gasteiger partial charge in [0.25, 0.3) is 5.91 Å². The van der Waals surface area contributed by atoms with Crippen molar-refractivity contribution in [3.8, 4) is 11.3 Å². The summed E-state index contributed by atoms with van der Waals surface area (Å²) in [5.74, 6) is -0.0123. The minimum Gasteiger partial charge on any atom is -0.330 e. The number of aromatic nitrogens is 4. The Morgan fingerprint density at radius 1 is 1.11 bits per heavy atom. The number of hydrogen-bond donors (Lipinski definition) is 0. The number of nitrogens with zero attached hydrogens (tertiary/aromatic N) is 5. The van der Waals surface area contributed by atoms with E-state index in [9.17, 15) is 4.79 Å². The summed E-state index contributed by atoms with van der Waals surface area (Å²) in [5.41, 5.74) is 4.86. The quantitative estimate of drug-likeness (QED) is 0.548. The molecule has 1 atom stereocenters. The van der Waals surface area contributed by atoms with Crippen LogP contribution >= 0.6 is 0 Å². The van der Waals surface area contributed by atoms with Crippen LogP contribution in [0.1, 0.15) is 40.6 Å². The number of fused-ring (bicyclic) bond motifs is 1. The highest BCUT2D eigenvalue weighted by Crippen LogP contribution is 2.33. The molecule has 3 aromatic heterocycles. The number of hydrogen-bond acceptors (Lipinski definition) is 5. The van der Waals surface area contributed by atoms with Crippen LogP contribution in [-0.2, 0) is 0 Å². The van der Waals surface area contributed by atoms with Gasteiger partial charge in [0.15, 0.2) is 0 Å².